The largest absolute Gasteiger partial charge is 0.341 e. The smallest absolute Gasteiger partial charge is 0.242 e. The van der Waals surface area contributed by atoms with Crippen molar-refractivity contribution in [2.24, 2.45) is 0 Å². The summed E-state index contributed by atoms with van der Waals surface area (Å²) in [4.78, 5) is 0. The van der Waals surface area contributed by atoms with Gasteiger partial charge in [-0.1, -0.05) is 135 Å². The monoisotopic (exact) mass is 545 g/mol. The van der Waals surface area contributed by atoms with Crippen LogP contribution >= 0.6 is 0 Å². The minimum atomic E-state index is 0.197. The van der Waals surface area contributed by atoms with E-state index < -0.39 is 0 Å². The maximum Gasteiger partial charge on any atom is 0.242 e. The van der Waals surface area contributed by atoms with Crippen molar-refractivity contribution in [1.82, 2.24) is 4.57 Å². The predicted octanol–water partition coefficient (Wildman–Crippen LogP) is 8.35. The number of aromatic nitrogens is 1. The third kappa shape index (κ3) is 5.00. The Kier molecular flexibility index (Phi) is 7.41. The molecule has 0 bridgehead atoms. The van der Waals surface area contributed by atoms with E-state index >= 15 is 0 Å². The van der Waals surface area contributed by atoms with Gasteiger partial charge in [0.15, 0.2) is 0 Å². The molecule has 5 aromatic carbocycles. The van der Waals surface area contributed by atoms with Crippen molar-refractivity contribution in [2.75, 3.05) is 0 Å². The van der Waals surface area contributed by atoms with E-state index in [9.17, 15) is 0 Å². The number of nitrogens with zero attached hydrogens (tertiary/aromatic N) is 1. The van der Waals surface area contributed by atoms with Gasteiger partial charge in [0, 0.05) is 28.4 Å². The maximum absolute atomic E-state index is 2.41. The van der Waals surface area contributed by atoms with E-state index in [1.807, 2.05) is 0 Å². The van der Waals surface area contributed by atoms with Gasteiger partial charge in [-0.2, -0.15) is 0 Å². The zero-order valence-electron chi connectivity index (χ0n) is 26.0. The molecule has 1 nitrogen and oxygen atoms in total. The van der Waals surface area contributed by atoms with Gasteiger partial charge in [-0.05, 0) is 77.8 Å². The molecular formula is C40H40BN. The predicted molar refractivity (Wildman–Crippen MR) is 186 cm³/mol. The number of hydrogen-bond donors (Lipinski definition) is 0. The van der Waals surface area contributed by atoms with Gasteiger partial charge in [0.05, 0.1) is 0 Å². The van der Waals surface area contributed by atoms with Crippen LogP contribution in [0, 0.1) is 41.5 Å². The molecule has 0 aliphatic rings. The summed E-state index contributed by atoms with van der Waals surface area (Å²) in [6.07, 6.45) is 4.48. The minimum Gasteiger partial charge on any atom is -0.341 e. The first kappa shape index (κ1) is 27.9. The van der Waals surface area contributed by atoms with Crippen LogP contribution in [0.25, 0.3) is 34.0 Å². The molecular weight excluding hydrogens is 505 g/mol. The molecule has 0 aliphatic heterocycles. The molecule has 1 heterocycles. The number of hydrogen-bond acceptors (Lipinski definition) is 0. The lowest BCUT2D eigenvalue weighted by Crippen LogP contribution is -2.55. The third-order valence-corrected chi connectivity index (χ3v) is 8.90. The summed E-state index contributed by atoms with van der Waals surface area (Å²) in [6, 6.07) is 34.1. The molecule has 0 spiro atoms. The molecule has 0 unspecified atom stereocenters. The van der Waals surface area contributed by atoms with Crippen molar-refractivity contribution in [1.29, 1.82) is 0 Å². The van der Waals surface area contributed by atoms with E-state index in [1.54, 1.807) is 0 Å². The van der Waals surface area contributed by atoms with Crippen LogP contribution < -0.4 is 16.4 Å². The van der Waals surface area contributed by atoms with Crippen LogP contribution in [-0.2, 0) is 6.54 Å². The summed E-state index contributed by atoms with van der Waals surface area (Å²) in [5.74, 6) is 0. The topological polar surface area (TPSA) is 4.93 Å². The third-order valence-electron chi connectivity index (χ3n) is 8.90. The Morgan fingerprint density at radius 2 is 1.05 bits per heavy atom. The number of benzene rings is 5. The summed E-state index contributed by atoms with van der Waals surface area (Å²) >= 11 is 0. The maximum atomic E-state index is 2.41. The quantitative estimate of drug-likeness (QED) is 0.146. The second-order valence-corrected chi connectivity index (χ2v) is 12.1. The van der Waals surface area contributed by atoms with Crippen LogP contribution in [0.1, 0.15) is 51.4 Å². The Morgan fingerprint density at radius 3 is 1.62 bits per heavy atom. The average molecular weight is 546 g/mol. The molecule has 208 valence electrons. The van der Waals surface area contributed by atoms with Crippen molar-refractivity contribution in [3.8, 4) is 0 Å². The highest BCUT2D eigenvalue weighted by Crippen LogP contribution is 2.30. The lowest BCUT2D eigenvalue weighted by Gasteiger charge is -2.24. The van der Waals surface area contributed by atoms with Crippen LogP contribution in [0.15, 0.2) is 91.0 Å². The molecule has 1 aromatic heterocycles. The van der Waals surface area contributed by atoms with Gasteiger partial charge in [-0.25, -0.2) is 0 Å². The van der Waals surface area contributed by atoms with Gasteiger partial charge in [0.2, 0.25) is 6.71 Å². The van der Waals surface area contributed by atoms with Crippen LogP contribution in [0.5, 0.6) is 0 Å². The highest BCUT2D eigenvalue weighted by molar-refractivity contribution is 6.96. The lowest BCUT2D eigenvalue weighted by molar-refractivity contribution is 0.827. The molecule has 0 N–H and O–H groups in total. The van der Waals surface area contributed by atoms with Gasteiger partial charge in [0.1, 0.15) is 0 Å². The Labute approximate surface area is 251 Å². The molecule has 42 heavy (non-hydrogen) atoms. The molecule has 2 heteroatoms. The highest BCUT2D eigenvalue weighted by Gasteiger charge is 2.28. The SMILES string of the molecule is CCn1c2ccccc2c2cc(/C=C/c3ccc(B(c4c(C)cc(C)cc4C)c4c(C)cc(C)cc4C)cc3)ccc21. The number of para-hydroxylation sites is 1. The Bertz CT molecular complexity index is 1870. The first-order valence-corrected chi connectivity index (χ1v) is 15.2. The summed E-state index contributed by atoms with van der Waals surface area (Å²) in [5.41, 5.74) is 17.3. The van der Waals surface area contributed by atoms with Crippen molar-refractivity contribution in [2.45, 2.75) is 55.0 Å². The lowest BCUT2D eigenvalue weighted by atomic mass is 9.34. The van der Waals surface area contributed by atoms with E-state index in [1.165, 1.54) is 82.7 Å². The molecule has 0 amide bonds. The van der Waals surface area contributed by atoms with E-state index in [-0.39, 0.29) is 6.71 Å². The molecule has 0 radical (unpaired) electrons. The van der Waals surface area contributed by atoms with E-state index in [4.69, 9.17) is 0 Å². The molecule has 0 saturated heterocycles. The Morgan fingerprint density at radius 1 is 0.548 bits per heavy atom. The Hall–Kier alpha value is -4.30. The molecule has 6 rings (SSSR count). The molecule has 0 saturated carbocycles. The van der Waals surface area contributed by atoms with Gasteiger partial charge < -0.3 is 4.57 Å². The molecule has 6 aromatic rings. The molecule has 0 aliphatic carbocycles. The second kappa shape index (κ2) is 11.2. The van der Waals surface area contributed by atoms with Crippen molar-refractivity contribution < 1.29 is 0 Å². The van der Waals surface area contributed by atoms with E-state index in [0.717, 1.165) is 6.54 Å². The first-order chi connectivity index (χ1) is 20.2. The first-order valence-electron chi connectivity index (χ1n) is 15.2. The zero-order chi connectivity index (χ0) is 29.5. The Balaban J connectivity index is 1.38. The van der Waals surface area contributed by atoms with Crippen molar-refractivity contribution in [3.05, 3.63) is 136 Å². The van der Waals surface area contributed by atoms with E-state index in [2.05, 4.69) is 156 Å². The fourth-order valence-corrected chi connectivity index (χ4v) is 7.28. The van der Waals surface area contributed by atoms with Crippen LogP contribution in [0.3, 0.4) is 0 Å². The summed E-state index contributed by atoms with van der Waals surface area (Å²) in [7, 11) is 0. The van der Waals surface area contributed by atoms with Gasteiger partial charge >= 0.3 is 0 Å². The molecule has 0 atom stereocenters. The van der Waals surface area contributed by atoms with Gasteiger partial charge in [0.25, 0.3) is 0 Å². The summed E-state index contributed by atoms with van der Waals surface area (Å²) in [6.45, 7) is 16.9. The fourth-order valence-electron chi connectivity index (χ4n) is 7.28. The minimum absolute atomic E-state index is 0.197. The van der Waals surface area contributed by atoms with Crippen LogP contribution in [0.4, 0.5) is 0 Å². The van der Waals surface area contributed by atoms with Gasteiger partial charge in [-0.15, -0.1) is 0 Å². The van der Waals surface area contributed by atoms with Crippen molar-refractivity contribution >= 4 is 57.1 Å². The van der Waals surface area contributed by atoms with Crippen molar-refractivity contribution in [3.63, 3.8) is 0 Å². The van der Waals surface area contributed by atoms with Crippen LogP contribution in [0.2, 0.25) is 0 Å². The average Bonchev–Trinajstić information content (AvgIpc) is 3.27. The summed E-state index contributed by atoms with van der Waals surface area (Å²) < 4.78 is 2.41. The number of aryl methyl sites for hydroxylation is 7. The summed E-state index contributed by atoms with van der Waals surface area (Å²) in [5, 5.41) is 2.64. The van der Waals surface area contributed by atoms with Crippen LogP contribution in [-0.4, -0.2) is 11.3 Å². The second-order valence-electron chi connectivity index (χ2n) is 12.1. The van der Waals surface area contributed by atoms with Gasteiger partial charge in [-0.3, -0.25) is 0 Å². The fraction of sp³-hybridized carbons (Fsp3) is 0.200. The number of rotatable bonds is 6. The number of fused-ring (bicyclic) bond motifs is 3. The molecule has 0 fully saturated rings. The standard InChI is InChI=1S/C40H40BN/c1-8-42-37-12-10-9-11-35(37)36-25-33(17-20-38(36)42)14-13-32-15-18-34(19-16-32)41(39-28(4)21-26(2)22-29(39)5)40-30(6)23-27(3)24-31(40)7/h9-25H,8H2,1-7H3/b14-13+. The highest BCUT2D eigenvalue weighted by atomic mass is 15.0. The zero-order valence-corrected chi connectivity index (χ0v) is 26.0. The van der Waals surface area contributed by atoms with E-state index in [0.29, 0.717) is 0 Å². The normalized spacial score (nSPS) is 11.7.